The number of terminal acetylenes is 1. The number of nitrogens with two attached hydrogens (primary N) is 1. The Bertz CT molecular complexity index is 303. The molecule has 1 amide bonds. The highest BCUT2D eigenvalue weighted by Crippen LogP contribution is 2.19. The smallest absolute Gasteiger partial charge is 0.327 e. The van der Waals surface area contributed by atoms with Crippen molar-refractivity contribution in [2.24, 2.45) is 11.1 Å². The van der Waals surface area contributed by atoms with Gasteiger partial charge in [0.1, 0.15) is 6.04 Å². The van der Waals surface area contributed by atoms with Crippen LogP contribution in [-0.4, -0.2) is 29.6 Å². The number of amides is 1. The van der Waals surface area contributed by atoms with Crippen LogP contribution in [0.4, 0.5) is 0 Å². The molecule has 0 aliphatic rings. The Hall–Kier alpha value is -1.54. The molecule has 0 fully saturated rings. The molecule has 2 unspecified atom stereocenters. The van der Waals surface area contributed by atoms with Crippen molar-refractivity contribution in [3.8, 4) is 12.3 Å². The second kappa shape index (κ2) is 6.13. The SMILES string of the molecule is C#CCC(NC(=O)C(C)(CC)CN)C(=O)O. The van der Waals surface area contributed by atoms with Crippen LogP contribution in [0.25, 0.3) is 0 Å². The highest BCUT2D eigenvalue weighted by Gasteiger charge is 2.32. The standard InChI is InChI=1S/C11H18N2O3/c1-4-6-8(9(14)15)13-10(16)11(3,5-2)7-12/h1,8H,5-7,12H2,2-3H3,(H,13,16)(H,14,15). The summed E-state index contributed by atoms with van der Waals surface area (Å²) in [6.07, 6.45) is 5.53. The maximum atomic E-state index is 11.8. The molecule has 0 aliphatic heterocycles. The molecule has 4 N–H and O–H groups in total. The van der Waals surface area contributed by atoms with Crippen molar-refractivity contribution >= 4 is 11.9 Å². The van der Waals surface area contributed by atoms with Crippen LogP contribution in [0, 0.1) is 17.8 Å². The van der Waals surface area contributed by atoms with Gasteiger partial charge in [-0.2, -0.15) is 0 Å². The first-order chi connectivity index (χ1) is 7.41. The van der Waals surface area contributed by atoms with E-state index in [1.807, 2.05) is 6.92 Å². The van der Waals surface area contributed by atoms with E-state index in [-0.39, 0.29) is 18.9 Å². The maximum absolute atomic E-state index is 11.8. The molecule has 0 heterocycles. The molecule has 0 saturated heterocycles. The van der Waals surface area contributed by atoms with E-state index < -0.39 is 17.4 Å². The molecular weight excluding hydrogens is 208 g/mol. The van der Waals surface area contributed by atoms with Crippen molar-refractivity contribution in [3.63, 3.8) is 0 Å². The molecule has 0 saturated carbocycles. The first kappa shape index (κ1) is 14.5. The molecule has 2 atom stereocenters. The molecule has 0 aromatic heterocycles. The number of hydrogen-bond donors (Lipinski definition) is 3. The zero-order chi connectivity index (χ0) is 12.8. The van der Waals surface area contributed by atoms with Gasteiger partial charge in [0.2, 0.25) is 5.91 Å². The van der Waals surface area contributed by atoms with Gasteiger partial charge >= 0.3 is 5.97 Å². The summed E-state index contributed by atoms with van der Waals surface area (Å²) in [5.74, 6) is 0.703. The Morgan fingerprint density at radius 1 is 1.62 bits per heavy atom. The molecular formula is C11H18N2O3. The highest BCUT2D eigenvalue weighted by atomic mass is 16.4. The third-order valence-electron chi connectivity index (χ3n) is 2.70. The molecule has 0 rings (SSSR count). The Morgan fingerprint density at radius 3 is 2.50 bits per heavy atom. The summed E-state index contributed by atoms with van der Waals surface area (Å²) in [6, 6.07) is -1.05. The summed E-state index contributed by atoms with van der Waals surface area (Å²) in [4.78, 5) is 22.6. The lowest BCUT2D eigenvalue weighted by atomic mass is 9.86. The molecule has 0 aromatic carbocycles. The summed E-state index contributed by atoms with van der Waals surface area (Å²) < 4.78 is 0. The lowest BCUT2D eigenvalue weighted by Gasteiger charge is -2.26. The van der Waals surface area contributed by atoms with Gasteiger partial charge in [-0.1, -0.05) is 6.92 Å². The zero-order valence-electron chi connectivity index (χ0n) is 9.62. The van der Waals surface area contributed by atoms with E-state index in [4.69, 9.17) is 17.3 Å². The first-order valence-corrected chi connectivity index (χ1v) is 5.08. The number of carbonyl (C=O) groups is 2. The van der Waals surface area contributed by atoms with E-state index in [0.29, 0.717) is 6.42 Å². The molecule has 0 spiro atoms. The number of carboxylic acid groups (broad SMARTS) is 1. The Kier molecular flexibility index (Phi) is 5.54. The van der Waals surface area contributed by atoms with Gasteiger partial charge in [0.25, 0.3) is 0 Å². The normalized spacial score (nSPS) is 15.6. The second-order valence-corrected chi connectivity index (χ2v) is 3.89. The van der Waals surface area contributed by atoms with E-state index in [1.165, 1.54) is 0 Å². The molecule has 0 aliphatic carbocycles. The monoisotopic (exact) mass is 226 g/mol. The van der Waals surface area contributed by atoms with E-state index in [1.54, 1.807) is 6.92 Å². The van der Waals surface area contributed by atoms with Gasteiger partial charge in [-0.25, -0.2) is 4.79 Å². The van der Waals surface area contributed by atoms with Crippen LogP contribution in [0.15, 0.2) is 0 Å². The minimum Gasteiger partial charge on any atom is -0.480 e. The number of hydrogen-bond acceptors (Lipinski definition) is 3. The largest absolute Gasteiger partial charge is 0.480 e. The molecule has 5 heteroatoms. The highest BCUT2D eigenvalue weighted by molar-refractivity contribution is 5.87. The first-order valence-electron chi connectivity index (χ1n) is 5.08. The molecule has 16 heavy (non-hydrogen) atoms. The Morgan fingerprint density at radius 2 is 2.19 bits per heavy atom. The van der Waals surface area contributed by atoms with Crippen molar-refractivity contribution in [2.75, 3.05) is 6.54 Å². The number of carbonyl (C=O) groups excluding carboxylic acids is 1. The summed E-state index contributed by atoms with van der Waals surface area (Å²) in [7, 11) is 0. The van der Waals surface area contributed by atoms with Gasteiger partial charge in [0.15, 0.2) is 0 Å². The fourth-order valence-electron chi connectivity index (χ4n) is 1.05. The van der Waals surface area contributed by atoms with E-state index in [9.17, 15) is 9.59 Å². The van der Waals surface area contributed by atoms with E-state index >= 15 is 0 Å². The van der Waals surface area contributed by atoms with Gasteiger partial charge < -0.3 is 16.2 Å². The van der Waals surface area contributed by atoms with Crippen molar-refractivity contribution in [2.45, 2.75) is 32.7 Å². The van der Waals surface area contributed by atoms with Crippen molar-refractivity contribution in [1.29, 1.82) is 0 Å². The van der Waals surface area contributed by atoms with Gasteiger partial charge in [0, 0.05) is 13.0 Å². The van der Waals surface area contributed by atoms with E-state index in [0.717, 1.165) is 0 Å². The van der Waals surface area contributed by atoms with Gasteiger partial charge in [0.05, 0.1) is 5.41 Å². The van der Waals surface area contributed by atoms with Crippen molar-refractivity contribution < 1.29 is 14.7 Å². The molecule has 0 aromatic rings. The minimum atomic E-state index is -1.14. The van der Waals surface area contributed by atoms with Crippen LogP contribution in [0.2, 0.25) is 0 Å². The predicted molar refractivity (Wildman–Crippen MR) is 60.5 cm³/mol. The summed E-state index contributed by atoms with van der Waals surface area (Å²) >= 11 is 0. The van der Waals surface area contributed by atoms with Crippen LogP contribution in [0.5, 0.6) is 0 Å². The Labute approximate surface area is 95.4 Å². The molecule has 0 radical (unpaired) electrons. The summed E-state index contributed by atoms with van der Waals surface area (Å²) in [5, 5.41) is 11.2. The van der Waals surface area contributed by atoms with Gasteiger partial charge in [-0.05, 0) is 13.3 Å². The lowest BCUT2D eigenvalue weighted by Crippen LogP contribution is -2.49. The van der Waals surface area contributed by atoms with Gasteiger partial charge in [-0.15, -0.1) is 12.3 Å². The molecule has 0 bridgehead atoms. The van der Waals surface area contributed by atoms with Crippen LogP contribution in [0.1, 0.15) is 26.7 Å². The summed E-state index contributed by atoms with van der Waals surface area (Å²) in [5.41, 5.74) is 4.75. The number of rotatable bonds is 6. The van der Waals surface area contributed by atoms with E-state index in [2.05, 4.69) is 11.2 Å². The predicted octanol–water partition coefficient (Wildman–Crippen LogP) is -0.0459. The van der Waals surface area contributed by atoms with Crippen LogP contribution < -0.4 is 11.1 Å². The quantitative estimate of drug-likeness (QED) is 0.554. The van der Waals surface area contributed by atoms with Crippen LogP contribution >= 0.6 is 0 Å². The van der Waals surface area contributed by atoms with Crippen molar-refractivity contribution in [3.05, 3.63) is 0 Å². The fourth-order valence-corrected chi connectivity index (χ4v) is 1.05. The van der Waals surface area contributed by atoms with Crippen LogP contribution in [0.3, 0.4) is 0 Å². The minimum absolute atomic E-state index is 0.0363. The van der Waals surface area contributed by atoms with Crippen molar-refractivity contribution in [1.82, 2.24) is 5.32 Å². The average molecular weight is 226 g/mol. The maximum Gasteiger partial charge on any atom is 0.327 e. The summed E-state index contributed by atoms with van der Waals surface area (Å²) in [6.45, 7) is 3.68. The second-order valence-electron chi connectivity index (χ2n) is 3.89. The molecule has 5 nitrogen and oxygen atoms in total. The topological polar surface area (TPSA) is 92.4 Å². The van der Waals surface area contributed by atoms with Gasteiger partial charge in [-0.3, -0.25) is 4.79 Å². The zero-order valence-corrected chi connectivity index (χ0v) is 9.62. The fraction of sp³-hybridized carbons (Fsp3) is 0.636. The number of aliphatic carboxylic acids is 1. The molecule has 90 valence electrons. The number of nitrogens with one attached hydrogen (secondary N) is 1. The average Bonchev–Trinajstić information content (AvgIpc) is 2.26. The third kappa shape index (κ3) is 3.55. The number of carboxylic acids is 1. The van der Waals surface area contributed by atoms with Crippen LogP contribution in [-0.2, 0) is 9.59 Å². The lowest BCUT2D eigenvalue weighted by molar-refractivity contribution is -0.143. The third-order valence-corrected chi connectivity index (χ3v) is 2.70. The Balaban J connectivity index is 4.64.